The summed E-state index contributed by atoms with van der Waals surface area (Å²) in [4.78, 5) is 0. The first-order valence-electron chi connectivity index (χ1n) is 7.40. The molecule has 0 heterocycles. The third-order valence-electron chi connectivity index (χ3n) is 4.10. The molecule has 1 rings (SSSR count). The van der Waals surface area contributed by atoms with Crippen LogP contribution in [0.4, 0.5) is 4.39 Å². The maximum atomic E-state index is 14.1. The molecule has 0 aliphatic carbocycles. The van der Waals surface area contributed by atoms with Gasteiger partial charge in [-0.3, -0.25) is 0 Å². The Morgan fingerprint density at radius 3 is 2.45 bits per heavy atom. The van der Waals surface area contributed by atoms with Gasteiger partial charge in [-0.1, -0.05) is 58.4 Å². The fourth-order valence-corrected chi connectivity index (χ4v) is 2.43. The highest BCUT2D eigenvalue weighted by Gasteiger charge is 2.29. The second kappa shape index (κ2) is 7.42. The molecule has 0 fully saturated rings. The lowest BCUT2D eigenvalue weighted by Gasteiger charge is -2.35. The highest BCUT2D eigenvalue weighted by Crippen LogP contribution is 2.32. The monoisotopic (exact) mass is 299 g/mol. The number of rotatable bonds is 7. The van der Waals surface area contributed by atoms with E-state index >= 15 is 0 Å². The molecule has 0 bridgehead atoms. The van der Waals surface area contributed by atoms with Crippen molar-refractivity contribution in [1.82, 2.24) is 5.32 Å². The number of hydrogen-bond acceptors (Lipinski definition) is 1. The minimum atomic E-state index is -0.273. The molecule has 0 saturated heterocycles. The van der Waals surface area contributed by atoms with Gasteiger partial charge in [0.25, 0.3) is 0 Å². The van der Waals surface area contributed by atoms with E-state index in [4.69, 9.17) is 11.6 Å². The van der Waals surface area contributed by atoms with Crippen LogP contribution in [0.3, 0.4) is 0 Å². The average molecular weight is 300 g/mol. The van der Waals surface area contributed by atoms with Crippen molar-refractivity contribution >= 4 is 11.6 Å². The molecular formula is C17H27ClFN. The summed E-state index contributed by atoms with van der Waals surface area (Å²) in [5.74, 6) is 0.805. The molecule has 0 aliphatic rings. The van der Waals surface area contributed by atoms with Crippen molar-refractivity contribution in [3.63, 3.8) is 0 Å². The van der Waals surface area contributed by atoms with Crippen LogP contribution >= 0.6 is 11.6 Å². The van der Waals surface area contributed by atoms with Crippen LogP contribution < -0.4 is 5.32 Å². The molecule has 1 aromatic rings. The summed E-state index contributed by atoms with van der Waals surface area (Å²) >= 11 is 5.88. The molecule has 0 spiro atoms. The van der Waals surface area contributed by atoms with E-state index in [1.165, 1.54) is 0 Å². The van der Waals surface area contributed by atoms with E-state index in [-0.39, 0.29) is 16.3 Å². The lowest BCUT2D eigenvalue weighted by Crippen LogP contribution is -2.39. The molecule has 1 nitrogen and oxygen atoms in total. The average Bonchev–Trinajstić information content (AvgIpc) is 2.34. The van der Waals surface area contributed by atoms with Gasteiger partial charge in [-0.05, 0) is 41.8 Å². The van der Waals surface area contributed by atoms with Crippen molar-refractivity contribution in [2.75, 3.05) is 13.1 Å². The first-order valence-corrected chi connectivity index (χ1v) is 7.77. The predicted octanol–water partition coefficient (Wildman–Crippen LogP) is 4.93. The summed E-state index contributed by atoms with van der Waals surface area (Å²) in [6.07, 6.45) is 0.697. The molecule has 1 N–H and O–H groups in total. The Morgan fingerprint density at radius 1 is 1.25 bits per heavy atom. The summed E-state index contributed by atoms with van der Waals surface area (Å²) in [6, 6.07) is 5.26. The van der Waals surface area contributed by atoms with E-state index in [2.05, 4.69) is 39.9 Å². The van der Waals surface area contributed by atoms with Gasteiger partial charge in [0.1, 0.15) is 5.82 Å². The van der Waals surface area contributed by atoms with Gasteiger partial charge in [0.15, 0.2) is 0 Å². The molecule has 3 heteroatoms. The Bertz CT molecular complexity index is 431. The summed E-state index contributed by atoms with van der Waals surface area (Å²) in [5, 5.41) is 3.72. The summed E-state index contributed by atoms with van der Waals surface area (Å²) in [7, 11) is 0. The summed E-state index contributed by atoms with van der Waals surface area (Å²) in [6.45, 7) is 12.9. The largest absolute Gasteiger partial charge is 0.316 e. The third kappa shape index (κ3) is 4.75. The van der Waals surface area contributed by atoms with Gasteiger partial charge in [0.05, 0.1) is 5.02 Å². The SMILES string of the molecule is CC(C)CNCC(C)(Cc1cccc(Cl)c1F)C(C)C. The van der Waals surface area contributed by atoms with E-state index < -0.39 is 0 Å². The van der Waals surface area contributed by atoms with Crippen molar-refractivity contribution in [1.29, 1.82) is 0 Å². The quantitative estimate of drug-likeness (QED) is 0.753. The Hall–Kier alpha value is -0.600. The zero-order chi connectivity index (χ0) is 15.3. The van der Waals surface area contributed by atoms with Crippen LogP contribution in [0.25, 0.3) is 0 Å². The number of hydrogen-bond donors (Lipinski definition) is 1. The summed E-state index contributed by atoms with van der Waals surface area (Å²) < 4.78 is 14.1. The molecular weight excluding hydrogens is 273 g/mol. The minimum absolute atomic E-state index is 0.0143. The van der Waals surface area contributed by atoms with Gasteiger partial charge >= 0.3 is 0 Å². The van der Waals surface area contributed by atoms with Gasteiger partial charge in [0.2, 0.25) is 0 Å². The first-order chi connectivity index (χ1) is 9.26. The summed E-state index contributed by atoms with van der Waals surface area (Å²) in [5.41, 5.74) is 0.723. The van der Waals surface area contributed by atoms with E-state index in [9.17, 15) is 4.39 Å². The second-order valence-electron chi connectivity index (χ2n) is 6.72. The molecule has 0 saturated carbocycles. The molecule has 0 radical (unpaired) electrons. The molecule has 1 aromatic carbocycles. The number of benzene rings is 1. The van der Waals surface area contributed by atoms with Crippen molar-refractivity contribution in [3.05, 3.63) is 34.6 Å². The van der Waals surface area contributed by atoms with Gasteiger partial charge < -0.3 is 5.32 Å². The zero-order valence-electron chi connectivity index (χ0n) is 13.3. The van der Waals surface area contributed by atoms with Gasteiger partial charge in [-0.2, -0.15) is 0 Å². The lowest BCUT2D eigenvalue weighted by atomic mass is 9.74. The topological polar surface area (TPSA) is 12.0 Å². The Balaban J connectivity index is 2.83. The molecule has 1 unspecified atom stereocenters. The molecule has 1 atom stereocenters. The first kappa shape index (κ1) is 17.5. The predicted molar refractivity (Wildman–Crippen MR) is 85.8 cm³/mol. The van der Waals surface area contributed by atoms with Crippen LogP contribution in [-0.4, -0.2) is 13.1 Å². The Morgan fingerprint density at radius 2 is 1.90 bits per heavy atom. The van der Waals surface area contributed by atoms with E-state index in [1.54, 1.807) is 6.07 Å². The Labute approximate surface area is 127 Å². The smallest absolute Gasteiger partial charge is 0.144 e. The van der Waals surface area contributed by atoms with Crippen LogP contribution in [0.15, 0.2) is 18.2 Å². The maximum Gasteiger partial charge on any atom is 0.144 e. The maximum absolute atomic E-state index is 14.1. The normalized spacial score (nSPS) is 14.8. The van der Waals surface area contributed by atoms with E-state index in [1.807, 2.05) is 12.1 Å². The third-order valence-corrected chi connectivity index (χ3v) is 4.39. The highest BCUT2D eigenvalue weighted by molar-refractivity contribution is 6.30. The van der Waals surface area contributed by atoms with Crippen molar-refractivity contribution in [2.45, 2.75) is 41.0 Å². The zero-order valence-corrected chi connectivity index (χ0v) is 14.0. The van der Waals surface area contributed by atoms with Crippen LogP contribution in [0, 0.1) is 23.1 Å². The van der Waals surface area contributed by atoms with Gasteiger partial charge in [0, 0.05) is 6.54 Å². The number of nitrogens with one attached hydrogen (secondary N) is 1. The van der Waals surface area contributed by atoms with E-state index in [0.717, 1.165) is 13.1 Å². The molecule has 0 amide bonds. The van der Waals surface area contributed by atoms with E-state index in [0.29, 0.717) is 23.8 Å². The van der Waals surface area contributed by atoms with Gasteiger partial charge in [-0.15, -0.1) is 0 Å². The Kier molecular flexibility index (Phi) is 6.47. The second-order valence-corrected chi connectivity index (χ2v) is 7.13. The van der Waals surface area contributed by atoms with Gasteiger partial charge in [-0.25, -0.2) is 4.39 Å². The minimum Gasteiger partial charge on any atom is -0.316 e. The molecule has 0 aliphatic heterocycles. The fraction of sp³-hybridized carbons (Fsp3) is 0.647. The number of halogens is 2. The van der Waals surface area contributed by atoms with Crippen LogP contribution in [0.5, 0.6) is 0 Å². The standard InChI is InChI=1S/C17H27ClFN/c1-12(2)10-20-11-17(5,13(3)4)9-14-7-6-8-15(18)16(14)19/h6-8,12-13,20H,9-11H2,1-5H3. The fourth-order valence-electron chi connectivity index (χ4n) is 2.24. The highest BCUT2D eigenvalue weighted by atomic mass is 35.5. The van der Waals surface area contributed by atoms with Crippen molar-refractivity contribution in [2.24, 2.45) is 17.3 Å². The molecule has 0 aromatic heterocycles. The van der Waals surface area contributed by atoms with Crippen LogP contribution in [0.1, 0.15) is 40.2 Å². The molecule has 20 heavy (non-hydrogen) atoms. The lowest BCUT2D eigenvalue weighted by molar-refractivity contribution is 0.203. The van der Waals surface area contributed by atoms with Crippen LogP contribution in [-0.2, 0) is 6.42 Å². The van der Waals surface area contributed by atoms with Crippen LogP contribution in [0.2, 0.25) is 5.02 Å². The molecule has 114 valence electrons. The van der Waals surface area contributed by atoms with Crippen molar-refractivity contribution in [3.8, 4) is 0 Å². The van der Waals surface area contributed by atoms with Crippen molar-refractivity contribution < 1.29 is 4.39 Å².